The number of aryl methyl sites for hydroxylation is 2. The van der Waals surface area contributed by atoms with Crippen molar-refractivity contribution in [2.45, 2.75) is 20.3 Å². The van der Waals surface area contributed by atoms with Crippen LogP contribution in [0.2, 0.25) is 0 Å². The van der Waals surface area contributed by atoms with Crippen molar-refractivity contribution in [3.05, 3.63) is 22.4 Å². The molecule has 16 heavy (non-hydrogen) atoms. The van der Waals surface area contributed by atoms with Crippen LogP contribution in [0.5, 0.6) is 0 Å². The van der Waals surface area contributed by atoms with Gasteiger partial charge in [0.1, 0.15) is 16.5 Å². The number of aromatic nitrogens is 2. The number of thiazole rings is 1. The summed E-state index contributed by atoms with van der Waals surface area (Å²) in [6.07, 6.45) is 0.223. The molecule has 0 saturated heterocycles. The van der Waals surface area contributed by atoms with E-state index in [-0.39, 0.29) is 12.3 Å². The lowest BCUT2D eigenvalue weighted by atomic mass is 10.3. The first-order valence-electron chi connectivity index (χ1n) is 4.74. The molecule has 0 unspecified atom stereocenters. The van der Waals surface area contributed by atoms with Crippen LogP contribution in [0.1, 0.15) is 16.3 Å². The summed E-state index contributed by atoms with van der Waals surface area (Å²) in [5.74, 6) is 0.383. The Morgan fingerprint density at radius 2 is 2.31 bits per heavy atom. The standard InChI is InChI=1S/C10H11N3O2S/c1-5-3-7(13-15-5)10-12-6(2)8(16-10)4-9(11)14/h3H,4H2,1-2H3,(H2,11,14). The molecule has 2 N–H and O–H groups in total. The Kier molecular flexibility index (Phi) is 2.74. The van der Waals surface area contributed by atoms with Gasteiger partial charge in [0.05, 0.1) is 12.1 Å². The van der Waals surface area contributed by atoms with Crippen LogP contribution >= 0.6 is 11.3 Å². The lowest BCUT2D eigenvalue weighted by molar-refractivity contribution is -0.117. The Morgan fingerprint density at radius 3 is 2.88 bits per heavy atom. The predicted octanol–water partition coefficient (Wildman–Crippen LogP) is 1.44. The lowest BCUT2D eigenvalue weighted by Gasteiger charge is -1.90. The molecule has 0 aliphatic rings. The molecule has 5 nitrogen and oxygen atoms in total. The summed E-state index contributed by atoms with van der Waals surface area (Å²) in [7, 11) is 0. The van der Waals surface area contributed by atoms with Gasteiger partial charge in [-0.1, -0.05) is 5.16 Å². The first-order valence-corrected chi connectivity index (χ1v) is 5.56. The molecule has 2 aromatic heterocycles. The lowest BCUT2D eigenvalue weighted by Crippen LogP contribution is -2.13. The second-order valence-electron chi connectivity index (χ2n) is 3.49. The summed E-state index contributed by atoms with van der Waals surface area (Å²) < 4.78 is 4.97. The molecule has 6 heteroatoms. The zero-order chi connectivity index (χ0) is 11.7. The van der Waals surface area contributed by atoms with Gasteiger partial charge < -0.3 is 10.3 Å². The highest BCUT2D eigenvalue weighted by Crippen LogP contribution is 2.27. The van der Waals surface area contributed by atoms with Gasteiger partial charge in [0.25, 0.3) is 0 Å². The van der Waals surface area contributed by atoms with Crippen molar-refractivity contribution in [2.24, 2.45) is 5.73 Å². The third kappa shape index (κ3) is 2.11. The molecule has 0 bridgehead atoms. The molecule has 0 aliphatic heterocycles. The predicted molar refractivity (Wildman–Crippen MR) is 60.0 cm³/mol. The van der Waals surface area contributed by atoms with Gasteiger partial charge in [-0.2, -0.15) is 0 Å². The van der Waals surface area contributed by atoms with Gasteiger partial charge in [0.15, 0.2) is 0 Å². The van der Waals surface area contributed by atoms with Crippen LogP contribution in [-0.2, 0) is 11.2 Å². The molecule has 2 aromatic rings. The largest absolute Gasteiger partial charge is 0.369 e. The van der Waals surface area contributed by atoms with Crippen LogP contribution in [0.25, 0.3) is 10.7 Å². The van der Waals surface area contributed by atoms with Crippen LogP contribution in [0.3, 0.4) is 0 Å². The Morgan fingerprint density at radius 1 is 1.56 bits per heavy atom. The number of rotatable bonds is 3. The van der Waals surface area contributed by atoms with Gasteiger partial charge in [-0.3, -0.25) is 4.79 Å². The average molecular weight is 237 g/mol. The first-order chi connectivity index (χ1) is 7.56. The molecular weight excluding hydrogens is 226 g/mol. The van der Waals surface area contributed by atoms with Gasteiger partial charge in [0, 0.05) is 10.9 Å². The summed E-state index contributed by atoms with van der Waals surface area (Å²) in [4.78, 5) is 16.1. The monoisotopic (exact) mass is 237 g/mol. The van der Waals surface area contributed by atoms with Gasteiger partial charge in [-0.15, -0.1) is 11.3 Å². The quantitative estimate of drug-likeness (QED) is 0.875. The Labute approximate surface area is 96.3 Å². The van der Waals surface area contributed by atoms with Crippen molar-refractivity contribution in [3.63, 3.8) is 0 Å². The maximum Gasteiger partial charge on any atom is 0.222 e. The minimum atomic E-state index is -0.352. The summed E-state index contributed by atoms with van der Waals surface area (Å²) >= 11 is 1.42. The fraction of sp³-hybridized carbons (Fsp3) is 0.300. The zero-order valence-corrected chi connectivity index (χ0v) is 9.80. The normalized spacial score (nSPS) is 10.6. The van der Waals surface area contributed by atoms with Crippen molar-refractivity contribution in [1.82, 2.24) is 10.1 Å². The Hall–Kier alpha value is -1.69. The summed E-state index contributed by atoms with van der Waals surface area (Å²) in [5.41, 5.74) is 6.67. The van der Waals surface area contributed by atoms with Crippen molar-refractivity contribution >= 4 is 17.2 Å². The van der Waals surface area contributed by atoms with Crippen LogP contribution < -0.4 is 5.73 Å². The van der Waals surface area contributed by atoms with Crippen molar-refractivity contribution < 1.29 is 9.32 Å². The molecule has 0 radical (unpaired) electrons. The number of amides is 1. The van der Waals surface area contributed by atoms with Gasteiger partial charge in [0.2, 0.25) is 5.91 Å². The van der Waals surface area contributed by atoms with Gasteiger partial charge >= 0.3 is 0 Å². The number of carbonyl (C=O) groups excluding carboxylic acids is 1. The number of primary amides is 1. The Balaban J connectivity index is 2.33. The highest BCUT2D eigenvalue weighted by Gasteiger charge is 2.13. The van der Waals surface area contributed by atoms with Crippen molar-refractivity contribution in [3.8, 4) is 10.7 Å². The van der Waals surface area contributed by atoms with E-state index in [1.807, 2.05) is 19.9 Å². The summed E-state index contributed by atoms with van der Waals surface area (Å²) in [6.45, 7) is 3.67. The Bertz CT molecular complexity index is 530. The summed E-state index contributed by atoms with van der Waals surface area (Å²) in [5, 5.41) is 4.63. The zero-order valence-electron chi connectivity index (χ0n) is 8.98. The van der Waals surface area contributed by atoms with Crippen LogP contribution in [0, 0.1) is 13.8 Å². The van der Waals surface area contributed by atoms with Gasteiger partial charge in [-0.05, 0) is 13.8 Å². The van der Waals surface area contributed by atoms with Crippen molar-refractivity contribution in [2.75, 3.05) is 0 Å². The SMILES string of the molecule is Cc1cc(-c2nc(C)c(CC(N)=O)s2)no1. The topological polar surface area (TPSA) is 82.0 Å². The van der Waals surface area contributed by atoms with Crippen LogP contribution in [0.4, 0.5) is 0 Å². The molecule has 2 rings (SSSR count). The van der Waals surface area contributed by atoms with E-state index >= 15 is 0 Å². The molecule has 0 saturated carbocycles. The van der Waals surface area contributed by atoms with Gasteiger partial charge in [-0.25, -0.2) is 4.98 Å². The maximum absolute atomic E-state index is 10.8. The van der Waals surface area contributed by atoms with E-state index in [0.29, 0.717) is 5.69 Å². The second-order valence-corrected chi connectivity index (χ2v) is 4.58. The molecule has 0 atom stereocenters. The third-order valence-corrected chi connectivity index (χ3v) is 3.25. The number of hydrogen-bond acceptors (Lipinski definition) is 5. The fourth-order valence-corrected chi connectivity index (χ4v) is 2.35. The number of nitrogens with two attached hydrogens (primary N) is 1. The minimum Gasteiger partial charge on any atom is -0.369 e. The highest BCUT2D eigenvalue weighted by atomic mass is 32.1. The molecule has 84 valence electrons. The highest BCUT2D eigenvalue weighted by molar-refractivity contribution is 7.15. The summed E-state index contributed by atoms with van der Waals surface area (Å²) in [6, 6.07) is 1.81. The van der Waals surface area contributed by atoms with Crippen molar-refractivity contribution in [1.29, 1.82) is 0 Å². The number of hydrogen-bond donors (Lipinski definition) is 1. The van der Waals surface area contributed by atoms with Crippen LogP contribution in [0.15, 0.2) is 10.6 Å². The van der Waals surface area contributed by atoms with E-state index in [4.69, 9.17) is 10.3 Å². The number of nitrogens with zero attached hydrogens (tertiary/aromatic N) is 2. The van der Waals surface area contributed by atoms with E-state index in [2.05, 4.69) is 10.1 Å². The van der Waals surface area contributed by atoms with E-state index < -0.39 is 0 Å². The molecule has 0 aliphatic carbocycles. The molecule has 0 aromatic carbocycles. The minimum absolute atomic E-state index is 0.223. The molecule has 0 spiro atoms. The van der Waals surface area contributed by atoms with E-state index in [9.17, 15) is 4.79 Å². The molecular formula is C10H11N3O2S. The molecule has 0 fully saturated rings. The van der Waals surface area contributed by atoms with E-state index in [1.165, 1.54) is 11.3 Å². The van der Waals surface area contributed by atoms with E-state index in [1.54, 1.807) is 0 Å². The molecule has 1 amide bonds. The smallest absolute Gasteiger partial charge is 0.222 e. The first kappa shape index (κ1) is 10.8. The third-order valence-electron chi connectivity index (χ3n) is 2.07. The van der Waals surface area contributed by atoms with Crippen LogP contribution in [-0.4, -0.2) is 16.0 Å². The second kappa shape index (κ2) is 4.05. The fourth-order valence-electron chi connectivity index (χ4n) is 1.33. The average Bonchev–Trinajstić information content (AvgIpc) is 2.74. The number of carbonyl (C=O) groups is 1. The van der Waals surface area contributed by atoms with E-state index in [0.717, 1.165) is 21.3 Å². The maximum atomic E-state index is 10.8. The molecule has 2 heterocycles.